The number of carbonyl (C=O) groups is 1. The van der Waals surface area contributed by atoms with Gasteiger partial charge in [0.15, 0.2) is 11.3 Å². The van der Waals surface area contributed by atoms with Crippen LogP contribution < -0.4 is 5.32 Å². The van der Waals surface area contributed by atoms with Crippen LogP contribution in [0.3, 0.4) is 0 Å². The molecule has 0 saturated heterocycles. The normalized spacial score (nSPS) is 11.1. The SMILES string of the molecule is Cc1cccc2oc(SCc3ccc(C(=O)NCc4ccco4)o3)nc12. The van der Waals surface area contributed by atoms with Gasteiger partial charge in [0, 0.05) is 0 Å². The quantitative estimate of drug-likeness (QED) is 0.503. The van der Waals surface area contributed by atoms with Gasteiger partial charge in [-0.15, -0.1) is 0 Å². The van der Waals surface area contributed by atoms with Gasteiger partial charge >= 0.3 is 0 Å². The van der Waals surface area contributed by atoms with Crippen LogP contribution in [0.2, 0.25) is 0 Å². The van der Waals surface area contributed by atoms with Gasteiger partial charge in [0.1, 0.15) is 17.0 Å². The number of hydrogen-bond acceptors (Lipinski definition) is 6. The van der Waals surface area contributed by atoms with Crippen molar-refractivity contribution < 1.29 is 18.0 Å². The molecule has 0 aliphatic rings. The summed E-state index contributed by atoms with van der Waals surface area (Å²) in [4.78, 5) is 16.6. The highest BCUT2D eigenvalue weighted by Crippen LogP contribution is 2.28. The molecule has 4 aromatic rings. The molecule has 26 heavy (non-hydrogen) atoms. The van der Waals surface area contributed by atoms with Gasteiger partial charge in [0.25, 0.3) is 11.1 Å². The van der Waals surface area contributed by atoms with Gasteiger partial charge in [-0.25, -0.2) is 4.98 Å². The third-order valence-electron chi connectivity index (χ3n) is 3.83. The van der Waals surface area contributed by atoms with Crippen LogP contribution in [0.5, 0.6) is 0 Å². The van der Waals surface area contributed by atoms with E-state index in [0.29, 0.717) is 29.0 Å². The highest BCUT2D eigenvalue weighted by molar-refractivity contribution is 7.98. The highest BCUT2D eigenvalue weighted by Gasteiger charge is 2.13. The molecule has 3 heterocycles. The van der Waals surface area contributed by atoms with Gasteiger partial charge in [-0.1, -0.05) is 23.9 Å². The summed E-state index contributed by atoms with van der Waals surface area (Å²) in [6.45, 7) is 2.32. The lowest BCUT2D eigenvalue weighted by molar-refractivity contribution is 0.0919. The van der Waals surface area contributed by atoms with Crippen molar-refractivity contribution in [2.75, 3.05) is 0 Å². The first-order valence-corrected chi connectivity index (χ1v) is 9.06. The Balaban J connectivity index is 1.36. The molecule has 6 nitrogen and oxygen atoms in total. The maximum atomic E-state index is 12.1. The highest BCUT2D eigenvalue weighted by atomic mass is 32.2. The van der Waals surface area contributed by atoms with Crippen LogP contribution >= 0.6 is 11.8 Å². The molecule has 0 spiro atoms. The van der Waals surface area contributed by atoms with Gasteiger partial charge in [-0.3, -0.25) is 4.79 Å². The topological polar surface area (TPSA) is 81.4 Å². The van der Waals surface area contributed by atoms with Crippen molar-refractivity contribution in [2.45, 2.75) is 24.4 Å². The van der Waals surface area contributed by atoms with Crippen molar-refractivity contribution in [3.8, 4) is 0 Å². The van der Waals surface area contributed by atoms with Crippen LogP contribution in [0.25, 0.3) is 11.1 Å². The molecule has 0 aliphatic carbocycles. The third-order valence-corrected chi connectivity index (χ3v) is 4.68. The predicted octanol–water partition coefficient (Wildman–Crippen LogP) is 4.54. The number of nitrogens with one attached hydrogen (secondary N) is 1. The second-order valence-electron chi connectivity index (χ2n) is 5.72. The summed E-state index contributed by atoms with van der Waals surface area (Å²) in [5.74, 6) is 1.87. The Kier molecular flexibility index (Phi) is 4.53. The second kappa shape index (κ2) is 7.13. The fourth-order valence-corrected chi connectivity index (χ4v) is 3.23. The molecule has 0 radical (unpaired) electrons. The molecule has 0 aliphatic heterocycles. The number of aromatic nitrogens is 1. The number of para-hydroxylation sites is 1. The smallest absolute Gasteiger partial charge is 0.287 e. The summed E-state index contributed by atoms with van der Waals surface area (Å²) < 4.78 is 16.5. The maximum absolute atomic E-state index is 12.1. The van der Waals surface area contributed by atoms with E-state index >= 15 is 0 Å². The number of furan rings is 2. The van der Waals surface area contributed by atoms with Gasteiger partial charge < -0.3 is 18.6 Å². The lowest BCUT2D eigenvalue weighted by Gasteiger charge is -2.00. The second-order valence-corrected chi connectivity index (χ2v) is 6.64. The molecule has 0 saturated carbocycles. The minimum atomic E-state index is -0.282. The molecular formula is C19H16N2O4S. The summed E-state index contributed by atoms with van der Waals surface area (Å²) in [5, 5.41) is 3.33. The fraction of sp³-hybridized carbons (Fsp3) is 0.158. The number of benzene rings is 1. The molecule has 132 valence electrons. The van der Waals surface area contributed by atoms with Crippen LogP contribution in [0.1, 0.15) is 27.6 Å². The summed E-state index contributed by atoms with van der Waals surface area (Å²) in [6.07, 6.45) is 1.57. The third kappa shape index (κ3) is 3.52. The Morgan fingerprint density at radius 1 is 1.12 bits per heavy atom. The van der Waals surface area contributed by atoms with Gasteiger partial charge in [0.2, 0.25) is 0 Å². The van der Waals surface area contributed by atoms with E-state index in [1.54, 1.807) is 30.5 Å². The molecular weight excluding hydrogens is 352 g/mol. The lowest BCUT2D eigenvalue weighted by atomic mass is 10.2. The number of amides is 1. The number of hydrogen-bond donors (Lipinski definition) is 1. The lowest BCUT2D eigenvalue weighted by Crippen LogP contribution is -2.21. The molecule has 1 N–H and O–H groups in total. The van der Waals surface area contributed by atoms with Crippen molar-refractivity contribution >= 4 is 28.8 Å². The Labute approximate surface area is 153 Å². The zero-order valence-electron chi connectivity index (χ0n) is 14.0. The Bertz CT molecular complexity index is 1030. The van der Waals surface area contributed by atoms with Crippen molar-refractivity contribution in [1.82, 2.24) is 10.3 Å². The monoisotopic (exact) mass is 368 g/mol. The standard InChI is InChI=1S/C19H16N2O4S/c1-12-4-2-6-15-17(12)21-19(25-15)26-11-14-7-8-16(24-14)18(22)20-10-13-5-3-9-23-13/h2-9H,10-11H2,1H3,(H,20,22). The first-order valence-electron chi connectivity index (χ1n) is 8.07. The van der Waals surface area contributed by atoms with E-state index < -0.39 is 0 Å². The number of rotatable bonds is 6. The molecule has 0 unspecified atom stereocenters. The van der Waals surface area contributed by atoms with Crippen LogP contribution in [0.4, 0.5) is 0 Å². The summed E-state index contributed by atoms with van der Waals surface area (Å²) >= 11 is 1.43. The van der Waals surface area contributed by atoms with Gasteiger partial charge in [0.05, 0.1) is 18.6 Å². The average molecular weight is 368 g/mol. The number of carbonyl (C=O) groups excluding carboxylic acids is 1. The Morgan fingerprint density at radius 3 is 2.85 bits per heavy atom. The van der Waals surface area contributed by atoms with Crippen molar-refractivity contribution in [1.29, 1.82) is 0 Å². The molecule has 4 rings (SSSR count). The Morgan fingerprint density at radius 2 is 2.04 bits per heavy atom. The number of aryl methyl sites for hydroxylation is 1. The number of thioether (sulfide) groups is 1. The van der Waals surface area contributed by atoms with E-state index in [1.807, 2.05) is 25.1 Å². The molecule has 1 amide bonds. The molecule has 3 aromatic heterocycles. The Hall–Kier alpha value is -2.93. The molecule has 7 heteroatoms. The van der Waals surface area contributed by atoms with Crippen molar-refractivity contribution in [3.63, 3.8) is 0 Å². The average Bonchev–Trinajstić information content (AvgIpc) is 3.37. The first kappa shape index (κ1) is 16.5. The van der Waals surface area contributed by atoms with Crippen LogP contribution in [-0.2, 0) is 12.3 Å². The molecule has 0 atom stereocenters. The minimum absolute atomic E-state index is 0.264. The van der Waals surface area contributed by atoms with Crippen LogP contribution in [-0.4, -0.2) is 10.9 Å². The molecule has 0 bridgehead atoms. The number of oxazole rings is 1. The zero-order valence-corrected chi connectivity index (χ0v) is 14.8. The van der Waals surface area contributed by atoms with Gasteiger partial charge in [-0.05, 0) is 42.8 Å². The number of fused-ring (bicyclic) bond motifs is 1. The number of nitrogens with zero attached hydrogens (tertiary/aromatic N) is 1. The molecule has 0 fully saturated rings. The van der Waals surface area contributed by atoms with E-state index in [-0.39, 0.29) is 11.7 Å². The minimum Gasteiger partial charge on any atom is -0.467 e. The van der Waals surface area contributed by atoms with Crippen molar-refractivity contribution in [2.24, 2.45) is 0 Å². The predicted molar refractivity (Wildman–Crippen MR) is 96.9 cm³/mol. The first-order chi connectivity index (χ1) is 12.7. The van der Waals surface area contributed by atoms with E-state index in [2.05, 4.69) is 10.3 Å². The van der Waals surface area contributed by atoms with Crippen LogP contribution in [0, 0.1) is 6.92 Å². The summed E-state index contributed by atoms with van der Waals surface area (Å²) in [5.41, 5.74) is 2.71. The van der Waals surface area contributed by atoms with E-state index in [4.69, 9.17) is 13.3 Å². The fourth-order valence-electron chi connectivity index (χ4n) is 2.51. The zero-order chi connectivity index (χ0) is 17.9. The van der Waals surface area contributed by atoms with Crippen molar-refractivity contribution in [3.05, 3.63) is 71.6 Å². The van der Waals surface area contributed by atoms with Crippen LogP contribution in [0.15, 0.2) is 67.2 Å². The van der Waals surface area contributed by atoms with E-state index in [0.717, 1.165) is 16.7 Å². The van der Waals surface area contributed by atoms with E-state index in [9.17, 15) is 4.79 Å². The van der Waals surface area contributed by atoms with Gasteiger partial charge in [-0.2, -0.15) is 0 Å². The van der Waals surface area contributed by atoms with E-state index in [1.165, 1.54) is 11.8 Å². The summed E-state index contributed by atoms with van der Waals surface area (Å²) in [6, 6.07) is 12.8. The maximum Gasteiger partial charge on any atom is 0.287 e. The molecule has 1 aromatic carbocycles. The largest absolute Gasteiger partial charge is 0.467 e. The summed E-state index contributed by atoms with van der Waals surface area (Å²) in [7, 11) is 0.